The van der Waals surface area contributed by atoms with Gasteiger partial charge < -0.3 is 10.2 Å². The second kappa shape index (κ2) is 9.48. The number of Topliss-reactive ketones (excluding diaryl/α,β-unsaturated/α-hetero) is 1. The second-order valence-corrected chi connectivity index (χ2v) is 9.48. The van der Waals surface area contributed by atoms with E-state index in [0.29, 0.717) is 17.4 Å². The fourth-order valence-corrected chi connectivity index (χ4v) is 4.80. The number of anilines is 3. The lowest BCUT2D eigenvalue weighted by atomic mass is 9.95. The van der Waals surface area contributed by atoms with Crippen LogP contribution in [-0.4, -0.2) is 43.5 Å². The molecule has 8 nitrogen and oxygen atoms in total. The van der Waals surface area contributed by atoms with Gasteiger partial charge in [-0.1, -0.05) is 19.9 Å². The van der Waals surface area contributed by atoms with E-state index in [1.54, 1.807) is 6.07 Å². The summed E-state index contributed by atoms with van der Waals surface area (Å²) in [6, 6.07) is 4.63. The first-order valence-electron chi connectivity index (χ1n) is 12.1. The Morgan fingerprint density at radius 1 is 1.24 bits per heavy atom. The number of H-pyrrole nitrogens is 1. The van der Waals surface area contributed by atoms with Gasteiger partial charge in [-0.15, -0.1) is 0 Å². The van der Waals surface area contributed by atoms with Crippen LogP contribution >= 0.6 is 0 Å². The van der Waals surface area contributed by atoms with E-state index in [4.69, 9.17) is 9.97 Å². The third-order valence-corrected chi connectivity index (χ3v) is 6.69. The number of aryl methyl sites for hydroxylation is 1. The number of aromatic nitrogens is 5. The van der Waals surface area contributed by atoms with E-state index in [-0.39, 0.29) is 18.2 Å². The van der Waals surface area contributed by atoms with E-state index in [1.807, 2.05) is 6.07 Å². The van der Waals surface area contributed by atoms with E-state index in [9.17, 15) is 9.18 Å². The van der Waals surface area contributed by atoms with Crippen LogP contribution in [0.2, 0.25) is 0 Å². The molecule has 1 saturated heterocycles. The lowest BCUT2D eigenvalue weighted by Crippen LogP contribution is -2.46. The van der Waals surface area contributed by atoms with Crippen LogP contribution in [0.4, 0.5) is 22.0 Å². The summed E-state index contributed by atoms with van der Waals surface area (Å²) in [5, 5.41) is 10.9. The van der Waals surface area contributed by atoms with Crippen LogP contribution in [0, 0.1) is 5.95 Å². The van der Waals surface area contributed by atoms with E-state index >= 15 is 0 Å². The number of pyridine rings is 1. The van der Waals surface area contributed by atoms with E-state index in [2.05, 4.69) is 39.2 Å². The van der Waals surface area contributed by atoms with Gasteiger partial charge in [0.1, 0.15) is 5.82 Å². The van der Waals surface area contributed by atoms with Gasteiger partial charge in [-0.3, -0.25) is 9.89 Å². The van der Waals surface area contributed by atoms with Crippen molar-refractivity contribution in [1.29, 1.82) is 0 Å². The first kappa shape index (κ1) is 22.4. The molecule has 3 aromatic rings. The fraction of sp³-hybridized carbons (Fsp3) is 0.480. The summed E-state index contributed by atoms with van der Waals surface area (Å²) >= 11 is 0. The smallest absolute Gasteiger partial charge is 0.228 e. The molecule has 9 heteroatoms. The molecule has 1 fully saturated rings. The van der Waals surface area contributed by atoms with Gasteiger partial charge in [-0.2, -0.15) is 14.5 Å². The maximum Gasteiger partial charge on any atom is 0.228 e. The molecule has 2 aliphatic rings. The molecule has 1 aliphatic heterocycles. The highest BCUT2D eigenvalue weighted by atomic mass is 19.1. The van der Waals surface area contributed by atoms with E-state index in [1.165, 1.54) is 12.3 Å². The zero-order chi connectivity index (χ0) is 23.7. The van der Waals surface area contributed by atoms with Crippen molar-refractivity contribution in [3.8, 4) is 0 Å². The molecule has 2 N–H and O–H groups in total. The van der Waals surface area contributed by atoms with Crippen molar-refractivity contribution in [3.05, 3.63) is 52.9 Å². The average Bonchev–Trinajstić information content (AvgIpc) is 3.50. The molecule has 0 saturated carbocycles. The largest absolute Gasteiger partial charge is 0.331 e. The number of hydrogen-bond donors (Lipinski definition) is 2. The van der Waals surface area contributed by atoms with Crippen LogP contribution in [0.3, 0.4) is 0 Å². The maximum absolute atomic E-state index is 13.3. The van der Waals surface area contributed by atoms with E-state index < -0.39 is 5.95 Å². The van der Waals surface area contributed by atoms with Gasteiger partial charge in [0.05, 0.1) is 11.7 Å². The summed E-state index contributed by atoms with van der Waals surface area (Å²) in [5.41, 5.74) is 3.96. The summed E-state index contributed by atoms with van der Waals surface area (Å²) in [6.45, 7) is 4.97. The molecule has 5 rings (SSSR count). The van der Waals surface area contributed by atoms with Crippen molar-refractivity contribution in [1.82, 2.24) is 25.1 Å². The molecule has 3 aromatic heterocycles. The van der Waals surface area contributed by atoms with Crippen LogP contribution in [0.5, 0.6) is 0 Å². The number of fused-ring (bicyclic) bond motifs is 1. The molecule has 34 heavy (non-hydrogen) atoms. The van der Waals surface area contributed by atoms with Crippen molar-refractivity contribution in [2.75, 3.05) is 16.8 Å². The van der Waals surface area contributed by atoms with Crippen LogP contribution in [0.15, 0.2) is 24.4 Å². The molecule has 1 aliphatic carbocycles. The number of nitrogens with zero attached hydrogens (tertiary/aromatic N) is 5. The van der Waals surface area contributed by atoms with Gasteiger partial charge in [0.25, 0.3) is 0 Å². The number of ketones is 1. The van der Waals surface area contributed by atoms with E-state index in [0.717, 1.165) is 73.7 Å². The third-order valence-electron chi connectivity index (χ3n) is 6.69. The monoisotopic (exact) mass is 463 g/mol. The molecule has 1 unspecified atom stereocenters. The topological polar surface area (TPSA) is 99.7 Å². The maximum atomic E-state index is 13.3. The number of rotatable bonds is 7. The summed E-state index contributed by atoms with van der Waals surface area (Å²) in [5.74, 6) is 2.00. The van der Waals surface area contributed by atoms with Gasteiger partial charge in [0, 0.05) is 36.5 Å². The first-order chi connectivity index (χ1) is 16.5. The minimum Gasteiger partial charge on any atom is -0.331 e. The Morgan fingerprint density at radius 3 is 2.88 bits per heavy atom. The van der Waals surface area contributed by atoms with Gasteiger partial charge >= 0.3 is 0 Å². The number of nitrogens with one attached hydrogen (secondary N) is 2. The van der Waals surface area contributed by atoms with Crippen molar-refractivity contribution < 1.29 is 9.18 Å². The normalized spacial score (nSPS) is 17.8. The molecule has 0 spiro atoms. The molecule has 1 atom stereocenters. The zero-order valence-electron chi connectivity index (χ0n) is 19.6. The summed E-state index contributed by atoms with van der Waals surface area (Å²) < 4.78 is 13.2. The highest BCUT2D eigenvalue weighted by Gasteiger charge is 2.32. The number of halogens is 1. The highest BCUT2D eigenvalue weighted by molar-refractivity contribution is 5.88. The van der Waals surface area contributed by atoms with Gasteiger partial charge in [0.15, 0.2) is 11.6 Å². The van der Waals surface area contributed by atoms with Gasteiger partial charge in [0.2, 0.25) is 11.9 Å². The lowest BCUT2D eigenvalue weighted by molar-refractivity contribution is -0.120. The summed E-state index contributed by atoms with van der Waals surface area (Å²) in [6.07, 6.45) is 7.26. The quantitative estimate of drug-likeness (QED) is 0.505. The van der Waals surface area contributed by atoms with Crippen molar-refractivity contribution >= 4 is 23.4 Å². The Labute approximate surface area is 198 Å². The molecule has 178 valence electrons. The van der Waals surface area contributed by atoms with Crippen LogP contribution < -0.4 is 10.2 Å². The summed E-state index contributed by atoms with van der Waals surface area (Å²) in [7, 11) is 0. The number of carbonyl (C=O) groups excluding carboxylic acids is 1. The number of aromatic amines is 1. The van der Waals surface area contributed by atoms with Crippen LogP contribution in [0.1, 0.15) is 68.0 Å². The van der Waals surface area contributed by atoms with Gasteiger partial charge in [-0.25, -0.2) is 9.97 Å². The lowest BCUT2D eigenvalue weighted by Gasteiger charge is -2.35. The molecule has 0 radical (unpaired) electrons. The van der Waals surface area contributed by atoms with Gasteiger partial charge in [-0.05, 0) is 56.1 Å². The van der Waals surface area contributed by atoms with Crippen LogP contribution in [0.25, 0.3) is 0 Å². The second-order valence-electron chi connectivity index (χ2n) is 9.48. The van der Waals surface area contributed by atoms with Crippen LogP contribution in [-0.2, 0) is 24.1 Å². The molecule has 4 heterocycles. The Kier molecular flexibility index (Phi) is 6.26. The molecular weight excluding hydrogens is 433 g/mol. The minimum absolute atomic E-state index is 0.0839. The molecule has 0 bridgehead atoms. The molecule has 0 amide bonds. The highest BCUT2D eigenvalue weighted by Crippen LogP contribution is 2.32. The fourth-order valence-electron chi connectivity index (χ4n) is 4.80. The standard InChI is InChI=1S/C25H30FN7O/c1-15(2)19-13-23(32-31-19)29-24-17-6-5-7-18(17)28-25(30-24)33-11-4-3-8-20(33)21(34)12-16-9-10-22(26)27-14-16/h9-10,13-15,20H,3-8,11-12H2,1-2H3,(H2,28,29,30,31,32). The zero-order valence-corrected chi connectivity index (χ0v) is 19.6. The third kappa shape index (κ3) is 4.64. The number of hydrogen-bond acceptors (Lipinski definition) is 7. The molecule has 0 aromatic carbocycles. The SMILES string of the molecule is CC(C)c1cc(Nc2nc(N3CCCCC3C(=O)Cc3ccc(F)nc3)nc3c2CCC3)n[nH]1. The molecular formula is C25H30FN7O. The van der Waals surface area contributed by atoms with Crippen molar-refractivity contribution in [2.24, 2.45) is 0 Å². The number of piperidine rings is 1. The average molecular weight is 464 g/mol. The summed E-state index contributed by atoms with van der Waals surface area (Å²) in [4.78, 5) is 28.8. The Balaban J connectivity index is 1.42. The Morgan fingerprint density at radius 2 is 2.12 bits per heavy atom. The predicted molar refractivity (Wildman–Crippen MR) is 128 cm³/mol. The predicted octanol–water partition coefficient (Wildman–Crippen LogP) is 4.26. The van der Waals surface area contributed by atoms with Crippen molar-refractivity contribution in [3.63, 3.8) is 0 Å². The Hall–Kier alpha value is -3.36. The van der Waals surface area contributed by atoms with Crippen molar-refractivity contribution in [2.45, 2.75) is 70.8 Å². The number of carbonyl (C=O) groups is 1. The first-order valence-corrected chi connectivity index (χ1v) is 12.1. The Bertz CT molecular complexity index is 1170. The minimum atomic E-state index is -0.542.